The average Bonchev–Trinajstić information content (AvgIpc) is 2.98. The third-order valence-electron chi connectivity index (χ3n) is 4.38. The molecule has 1 heterocycles. The predicted octanol–water partition coefficient (Wildman–Crippen LogP) is 2.99. The zero-order valence-electron chi connectivity index (χ0n) is 12.0. The minimum atomic E-state index is -0.693. The molecule has 4 rings (SSSR count). The van der Waals surface area contributed by atoms with Crippen molar-refractivity contribution in [3.05, 3.63) is 46.8 Å². The van der Waals surface area contributed by atoms with E-state index in [1.807, 2.05) is 0 Å². The summed E-state index contributed by atoms with van der Waals surface area (Å²) in [7, 11) is 0. The summed E-state index contributed by atoms with van der Waals surface area (Å²) in [5.74, 6) is -0.977. The highest BCUT2D eigenvalue weighted by atomic mass is 19.1. The van der Waals surface area contributed by atoms with Crippen LogP contribution in [0.1, 0.15) is 41.0 Å². The molecule has 2 unspecified atom stereocenters. The fraction of sp³-hybridized carbons (Fsp3) is 0.375. The lowest BCUT2D eigenvalue weighted by Gasteiger charge is -2.07. The minimum absolute atomic E-state index is 0.162. The Labute approximate surface area is 125 Å². The van der Waals surface area contributed by atoms with Crippen LogP contribution in [-0.2, 0) is 11.2 Å². The van der Waals surface area contributed by atoms with E-state index in [0.29, 0.717) is 11.8 Å². The van der Waals surface area contributed by atoms with Gasteiger partial charge in [0.25, 0.3) is 0 Å². The highest BCUT2D eigenvalue weighted by Crippen LogP contribution is 2.57. The van der Waals surface area contributed by atoms with Crippen LogP contribution in [0.15, 0.2) is 18.2 Å². The van der Waals surface area contributed by atoms with Crippen molar-refractivity contribution in [2.75, 3.05) is 6.61 Å². The summed E-state index contributed by atoms with van der Waals surface area (Å²) in [5.41, 5.74) is 2.15. The molecule has 4 nitrogen and oxygen atoms in total. The molecule has 22 heavy (non-hydrogen) atoms. The third kappa shape index (κ3) is 1.86. The smallest absolute Gasteiger partial charge is 0.359 e. The summed E-state index contributed by atoms with van der Waals surface area (Å²) in [6.45, 7) is 1.99. The van der Waals surface area contributed by atoms with Crippen LogP contribution in [0.25, 0.3) is 5.69 Å². The summed E-state index contributed by atoms with van der Waals surface area (Å²) < 4.78 is 33.6. The van der Waals surface area contributed by atoms with E-state index in [1.54, 1.807) is 6.92 Å². The largest absolute Gasteiger partial charge is 0.461 e. The second-order valence-corrected chi connectivity index (χ2v) is 5.74. The predicted molar refractivity (Wildman–Crippen MR) is 74.0 cm³/mol. The molecule has 0 amide bonds. The molecule has 2 aliphatic carbocycles. The van der Waals surface area contributed by atoms with Crippen molar-refractivity contribution < 1.29 is 18.3 Å². The highest BCUT2D eigenvalue weighted by Gasteiger charge is 2.50. The number of halogens is 2. The van der Waals surface area contributed by atoms with Gasteiger partial charge in [-0.15, -0.1) is 0 Å². The van der Waals surface area contributed by atoms with Crippen LogP contribution in [0, 0.1) is 17.6 Å². The number of ether oxygens (including phenoxy) is 1. The molecule has 1 saturated carbocycles. The number of benzene rings is 1. The molecule has 114 valence electrons. The molecule has 0 N–H and O–H groups in total. The monoisotopic (exact) mass is 304 g/mol. The fourth-order valence-corrected chi connectivity index (χ4v) is 3.33. The Bertz CT molecular complexity index is 785. The second-order valence-electron chi connectivity index (χ2n) is 5.74. The summed E-state index contributed by atoms with van der Waals surface area (Å²) >= 11 is 0. The number of carbonyl (C=O) groups is 1. The first-order valence-corrected chi connectivity index (χ1v) is 7.34. The molecule has 0 aliphatic heterocycles. The average molecular weight is 304 g/mol. The molecule has 2 atom stereocenters. The Morgan fingerprint density at radius 1 is 1.45 bits per heavy atom. The normalized spacial score (nSPS) is 21.4. The molecular formula is C16H14F2N2O2. The summed E-state index contributed by atoms with van der Waals surface area (Å²) in [5, 5.41) is 4.27. The van der Waals surface area contributed by atoms with Gasteiger partial charge in [-0.05, 0) is 43.7 Å². The van der Waals surface area contributed by atoms with Gasteiger partial charge < -0.3 is 4.74 Å². The van der Waals surface area contributed by atoms with Crippen LogP contribution in [0.3, 0.4) is 0 Å². The van der Waals surface area contributed by atoms with Crippen molar-refractivity contribution in [2.45, 2.75) is 25.7 Å². The maximum atomic E-state index is 14.1. The van der Waals surface area contributed by atoms with E-state index in [-0.39, 0.29) is 18.0 Å². The summed E-state index contributed by atoms with van der Waals surface area (Å²) in [4.78, 5) is 12.1. The number of nitrogens with zero attached hydrogens (tertiary/aromatic N) is 2. The molecule has 6 heteroatoms. The fourth-order valence-electron chi connectivity index (χ4n) is 3.33. The van der Waals surface area contributed by atoms with E-state index in [1.165, 1.54) is 16.8 Å². The van der Waals surface area contributed by atoms with Gasteiger partial charge in [0, 0.05) is 17.3 Å². The van der Waals surface area contributed by atoms with Crippen LogP contribution in [0.2, 0.25) is 0 Å². The Balaban J connectivity index is 1.86. The lowest BCUT2D eigenvalue weighted by molar-refractivity contribution is 0.0517. The van der Waals surface area contributed by atoms with Gasteiger partial charge in [-0.3, -0.25) is 0 Å². The number of fused-ring (bicyclic) bond motifs is 3. The number of rotatable bonds is 3. The first-order chi connectivity index (χ1) is 10.6. The maximum absolute atomic E-state index is 14.1. The summed E-state index contributed by atoms with van der Waals surface area (Å²) in [6.07, 6.45) is 1.81. The standard InChI is InChI=1S/C16H14F2N2O2/c1-2-22-16(21)15-14-10-5-8(10)6-13(14)20(19-15)12-4-3-9(17)7-11(12)18/h3-4,7-8,10H,2,5-6H2,1H3. The van der Waals surface area contributed by atoms with E-state index in [4.69, 9.17) is 4.74 Å². The van der Waals surface area contributed by atoms with Crippen molar-refractivity contribution in [1.82, 2.24) is 9.78 Å². The van der Waals surface area contributed by atoms with Crippen molar-refractivity contribution in [3.63, 3.8) is 0 Å². The molecule has 0 radical (unpaired) electrons. The lowest BCUT2D eigenvalue weighted by Crippen LogP contribution is -2.09. The number of hydrogen-bond donors (Lipinski definition) is 0. The first kappa shape index (κ1) is 13.4. The first-order valence-electron chi connectivity index (χ1n) is 7.34. The lowest BCUT2D eigenvalue weighted by atomic mass is 10.1. The molecular weight excluding hydrogens is 290 g/mol. The van der Waals surface area contributed by atoms with Crippen LogP contribution >= 0.6 is 0 Å². The summed E-state index contributed by atoms with van der Waals surface area (Å²) in [6, 6.07) is 3.35. The second kappa shape index (κ2) is 4.63. The Hall–Kier alpha value is -2.24. The quantitative estimate of drug-likeness (QED) is 0.819. The molecule has 0 bridgehead atoms. The van der Waals surface area contributed by atoms with Crippen molar-refractivity contribution in [2.24, 2.45) is 5.92 Å². The van der Waals surface area contributed by atoms with E-state index in [2.05, 4.69) is 5.10 Å². The van der Waals surface area contributed by atoms with Gasteiger partial charge in [0.2, 0.25) is 0 Å². The van der Waals surface area contributed by atoms with Gasteiger partial charge in [0.05, 0.1) is 6.61 Å². The van der Waals surface area contributed by atoms with Gasteiger partial charge in [-0.1, -0.05) is 0 Å². The van der Waals surface area contributed by atoms with Crippen LogP contribution in [0.5, 0.6) is 0 Å². The molecule has 1 aromatic carbocycles. The van der Waals surface area contributed by atoms with Crippen LogP contribution in [-0.4, -0.2) is 22.4 Å². The van der Waals surface area contributed by atoms with Gasteiger partial charge in [0.15, 0.2) is 11.5 Å². The third-order valence-corrected chi connectivity index (χ3v) is 4.38. The van der Waals surface area contributed by atoms with Crippen molar-refractivity contribution >= 4 is 5.97 Å². The molecule has 2 aromatic rings. The Morgan fingerprint density at radius 3 is 3.00 bits per heavy atom. The van der Waals surface area contributed by atoms with Gasteiger partial charge >= 0.3 is 5.97 Å². The number of esters is 1. The van der Waals surface area contributed by atoms with E-state index < -0.39 is 17.6 Å². The highest BCUT2D eigenvalue weighted by molar-refractivity contribution is 5.90. The van der Waals surface area contributed by atoms with E-state index in [0.717, 1.165) is 30.2 Å². The maximum Gasteiger partial charge on any atom is 0.359 e. The number of hydrogen-bond acceptors (Lipinski definition) is 3. The van der Waals surface area contributed by atoms with Crippen molar-refractivity contribution in [1.29, 1.82) is 0 Å². The van der Waals surface area contributed by atoms with Crippen LogP contribution < -0.4 is 0 Å². The van der Waals surface area contributed by atoms with E-state index >= 15 is 0 Å². The molecule has 1 fully saturated rings. The zero-order valence-corrected chi connectivity index (χ0v) is 12.0. The van der Waals surface area contributed by atoms with Crippen molar-refractivity contribution in [3.8, 4) is 5.69 Å². The molecule has 1 aromatic heterocycles. The number of aromatic nitrogens is 2. The Kier molecular flexibility index (Phi) is 2.82. The van der Waals surface area contributed by atoms with Crippen LogP contribution in [0.4, 0.5) is 8.78 Å². The minimum Gasteiger partial charge on any atom is -0.461 e. The van der Waals surface area contributed by atoms with Gasteiger partial charge in [0.1, 0.15) is 11.5 Å². The van der Waals surface area contributed by atoms with Gasteiger partial charge in [-0.2, -0.15) is 5.10 Å². The topological polar surface area (TPSA) is 44.1 Å². The van der Waals surface area contributed by atoms with E-state index in [9.17, 15) is 13.6 Å². The Morgan fingerprint density at radius 2 is 2.27 bits per heavy atom. The molecule has 0 saturated heterocycles. The number of carbonyl (C=O) groups excluding carboxylic acids is 1. The zero-order chi connectivity index (χ0) is 15.4. The molecule has 2 aliphatic rings. The van der Waals surface area contributed by atoms with Gasteiger partial charge in [-0.25, -0.2) is 18.3 Å². The SMILES string of the molecule is CCOC(=O)c1nn(-c2ccc(F)cc2F)c2c1C1CC1C2. The molecule has 0 spiro atoms.